The Labute approximate surface area is 124 Å². The number of carbonyl (C=O) groups is 2. The number of nitrogens with two attached hydrogens (primary N) is 1. The van der Waals surface area contributed by atoms with Crippen LogP contribution in [-0.4, -0.2) is 23.3 Å². The van der Waals surface area contributed by atoms with Crippen LogP contribution >= 0.6 is 0 Å². The Morgan fingerprint density at radius 1 is 1.19 bits per heavy atom. The Hall–Kier alpha value is -2.12. The number of hydrogen-bond acceptors (Lipinski definition) is 3. The Bertz CT molecular complexity index is 658. The quantitative estimate of drug-likeness (QED) is 0.653. The maximum absolute atomic E-state index is 12.4. The van der Waals surface area contributed by atoms with Crippen molar-refractivity contribution in [2.24, 2.45) is 23.0 Å². The second-order valence-electron chi connectivity index (χ2n) is 6.20. The zero-order valence-corrected chi connectivity index (χ0v) is 12.2. The molecule has 2 amide bonds. The Morgan fingerprint density at radius 3 is 2.43 bits per heavy atom. The minimum absolute atomic E-state index is 0.0448. The first kappa shape index (κ1) is 13.8. The van der Waals surface area contributed by atoms with Crippen molar-refractivity contribution in [1.29, 1.82) is 0 Å². The molecule has 1 aromatic rings. The summed E-state index contributed by atoms with van der Waals surface area (Å²) >= 11 is 0. The monoisotopic (exact) mass is 282 g/mol. The number of imide groups is 1. The molecule has 2 aliphatic rings. The second kappa shape index (κ2) is 4.71. The number of benzene rings is 1. The third-order valence-corrected chi connectivity index (χ3v) is 4.56. The lowest BCUT2D eigenvalue weighted by Gasteiger charge is -2.21. The van der Waals surface area contributed by atoms with Gasteiger partial charge in [0.1, 0.15) is 0 Å². The van der Waals surface area contributed by atoms with Gasteiger partial charge < -0.3 is 5.73 Å². The minimum Gasteiger partial charge on any atom is -0.320 e. The van der Waals surface area contributed by atoms with Crippen molar-refractivity contribution in [3.8, 4) is 11.8 Å². The van der Waals surface area contributed by atoms with Gasteiger partial charge in [-0.3, -0.25) is 14.5 Å². The van der Waals surface area contributed by atoms with Gasteiger partial charge in [-0.15, -0.1) is 0 Å². The SMILES string of the molecule is CC1(C)C2C(=O)N(Cc3ccccc3C#CCN)C(=O)C21. The number of likely N-dealkylation sites (tertiary alicyclic amines) is 1. The van der Waals surface area contributed by atoms with E-state index < -0.39 is 0 Å². The van der Waals surface area contributed by atoms with Gasteiger partial charge in [-0.25, -0.2) is 0 Å². The first-order valence-corrected chi connectivity index (χ1v) is 7.10. The lowest BCUT2D eigenvalue weighted by molar-refractivity contribution is -0.143. The summed E-state index contributed by atoms with van der Waals surface area (Å²) in [5.74, 6) is 5.45. The van der Waals surface area contributed by atoms with Crippen LogP contribution in [-0.2, 0) is 16.1 Å². The Balaban J connectivity index is 1.83. The summed E-state index contributed by atoms with van der Waals surface area (Å²) in [4.78, 5) is 26.1. The van der Waals surface area contributed by atoms with Crippen LogP contribution in [0.25, 0.3) is 0 Å². The van der Waals surface area contributed by atoms with E-state index in [1.54, 1.807) is 0 Å². The molecule has 108 valence electrons. The van der Waals surface area contributed by atoms with Gasteiger partial charge in [-0.05, 0) is 17.0 Å². The largest absolute Gasteiger partial charge is 0.320 e. The summed E-state index contributed by atoms with van der Waals surface area (Å²) in [5, 5.41) is 0. The highest BCUT2D eigenvalue weighted by Crippen LogP contribution is 2.63. The van der Waals surface area contributed by atoms with Gasteiger partial charge in [0.15, 0.2) is 0 Å². The van der Waals surface area contributed by atoms with E-state index in [9.17, 15) is 9.59 Å². The van der Waals surface area contributed by atoms with Crippen molar-refractivity contribution in [3.63, 3.8) is 0 Å². The topological polar surface area (TPSA) is 63.4 Å². The fourth-order valence-corrected chi connectivity index (χ4v) is 3.26. The number of amides is 2. The molecule has 1 saturated heterocycles. The molecule has 4 nitrogen and oxygen atoms in total. The van der Waals surface area contributed by atoms with Crippen LogP contribution in [0.2, 0.25) is 0 Å². The fourth-order valence-electron chi connectivity index (χ4n) is 3.26. The molecular formula is C17H18N2O2. The molecule has 0 bridgehead atoms. The molecule has 1 saturated carbocycles. The van der Waals surface area contributed by atoms with Crippen LogP contribution in [0.15, 0.2) is 24.3 Å². The van der Waals surface area contributed by atoms with Crippen molar-refractivity contribution in [1.82, 2.24) is 4.90 Å². The molecule has 0 aromatic heterocycles. The van der Waals surface area contributed by atoms with Gasteiger partial charge in [-0.2, -0.15) is 0 Å². The number of fused-ring (bicyclic) bond motifs is 1. The van der Waals surface area contributed by atoms with Gasteiger partial charge in [0.05, 0.1) is 24.9 Å². The Kier molecular flexibility index (Phi) is 3.11. The third-order valence-electron chi connectivity index (χ3n) is 4.56. The van der Waals surface area contributed by atoms with Crippen LogP contribution in [0.1, 0.15) is 25.0 Å². The zero-order valence-electron chi connectivity index (χ0n) is 12.2. The van der Waals surface area contributed by atoms with E-state index in [1.807, 2.05) is 38.1 Å². The van der Waals surface area contributed by atoms with E-state index in [1.165, 1.54) is 4.90 Å². The third kappa shape index (κ3) is 2.05. The molecular weight excluding hydrogens is 264 g/mol. The summed E-state index contributed by atoms with van der Waals surface area (Å²) in [6.45, 7) is 4.55. The maximum atomic E-state index is 12.4. The van der Waals surface area contributed by atoms with Crippen LogP contribution < -0.4 is 5.73 Å². The summed E-state index contributed by atoms with van der Waals surface area (Å²) < 4.78 is 0. The van der Waals surface area contributed by atoms with Crippen molar-refractivity contribution < 1.29 is 9.59 Å². The maximum Gasteiger partial charge on any atom is 0.233 e. The smallest absolute Gasteiger partial charge is 0.233 e. The number of carbonyl (C=O) groups excluding carboxylic acids is 2. The van der Waals surface area contributed by atoms with Gasteiger partial charge >= 0.3 is 0 Å². The molecule has 1 aliphatic heterocycles. The standard InChI is InChI=1S/C17H18N2O2/c1-17(2)13-14(17)16(21)19(15(13)20)10-12-7-4-3-6-11(12)8-5-9-18/h3-4,6-7,13-14H,9-10,18H2,1-2H3. The Morgan fingerprint density at radius 2 is 1.81 bits per heavy atom. The molecule has 1 aromatic carbocycles. The second-order valence-corrected chi connectivity index (χ2v) is 6.20. The summed E-state index contributed by atoms with van der Waals surface area (Å²) in [6, 6.07) is 7.56. The van der Waals surface area contributed by atoms with Gasteiger partial charge in [0, 0.05) is 5.56 Å². The normalized spacial score (nSPS) is 25.4. The number of piperidine rings is 1. The van der Waals surface area contributed by atoms with Crippen molar-refractivity contribution in [2.45, 2.75) is 20.4 Å². The van der Waals surface area contributed by atoms with E-state index in [-0.39, 0.29) is 35.6 Å². The lowest BCUT2D eigenvalue weighted by Crippen LogP contribution is -2.35. The van der Waals surface area contributed by atoms with Crippen LogP contribution in [0, 0.1) is 29.1 Å². The molecule has 21 heavy (non-hydrogen) atoms. The molecule has 3 rings (SSSR count). The number of nitrogens with zero attached hydrogens (tertiary/aromatic N) is 1. The minimum atomic E-state index is -0.163. The predicted molar refractivity (Wildman–Crippen MR) is 78.7 cm³/mol. The van der Waals surface area contributed by atoms with E-state index in [0.717, 1.165) is 11.1 Å². The highest BCUT2D eigenvalue weighted by Gasteiger charge is 2.72. The fraction of sp³-hybridized carbons (Fsp3) is 0.412. The van der Waals surface area contributed by atoms with Crippen molar-refractivity contribution in [3.05, 3.63) is 35.4 Å². The van der Waals surface area contributed by atoms with Gasteiger partial charge in [-0.1, -0.05) is 43.9 Å². The molecule has 0 spiro atoms. The lowest BCUT2D eigenvalue weighted by atomic mass is 10.0. The van der Waals surface area contributed by atoms with E-state index in [2.05, 4.69) is 11.8 Å². The highest BCUT2D eigenvalue weighted by molar-refractivity contribution is 6.10. The molecule has 1 aliphatic carbocycles. The van der Waals surface area contributed by atoms with Crippen LogP contribution in [0.4, 0.5) is 0 Å². The van der Waals surface area contributed by atoms with Gasteiger partial charge in [0.25, 0.3) is 0 Å². The van der Waals surface area contributed by atoms with Crippen molar-refractivity contribution >= 4 is 11.8 Å². The summed E-state index contributed by atoms with van der Waals surface area (Å²) in [5.41, 5.74) is 6.94. The van der Waals surface area contributed by atoms with Gasteiger partial charge in [0.2, 0.25) is 11.8 Å². The molecule has 2 atom stereocenters. The molecule has 4 heteroatoms. The number of rotatable bonds is 2. The molecule has 0 radical (unpaired) electrons. The van der Waals surface area contributed by atoms with E-state index in [4.69, 9.17) is 5.73 Å². The average Bonchev–Trinajstić information content (AvgIpc) is 2.93. The first-order valence-electron chi connectivity index (χ1n) is 7.10. The molecule has 2 unspecified atom stereocenters. The van der Waals surface area contributed by atoms with Crippen molar-refractivity contribution in [2.75, 3.05) is 6.54 Å². The van der Waals surface area contributed by atoms with Crippen LogP contribution in [0.5, 0.6) is 0 Å². The molecule has 1 heterocycles. The first-order chi connectivity index (χ1) is 9.98. The predicted octanol–water partition coefficient (Wildman–Crippen LogP) is 1.14. The average molecular weight is 282 g/mol. The number of hydrogen-bond donors (Lipinski definition) is 1. The summed E-state index contributed by atoms with van der Waals surface area (Å²) in [6.07, 6.45) is 0. The highest BCUT2D eigenvalue weighted by atomic mass is 16.2. The zero-order chi connectivity index (χ0) is 15.2. The molecule has 2 N–H and O–H groups in total. The summed E-state index contributed by atoms with van der Waals surface area (Å²) in [7, 11) is 0. The molecule has 2 fully saturated rings. The van der Waals surface area contributed by atoms with E-state index >= 15 is 0 Å². The van der Waals surface area contributed by atoms with Crippen LogP contribution in [0.3, 0.4) is 0 Å². The van der Waals surface area contributed by atoms with E-state index in [0.29, 0.717) is 6.54 Å².